The van der Waals surface area contributed by atoms with Gasteiger partial charge in [-0.05, 0) is 25.0 Å². The molecule has 1 atom stereocenters. The molecule has 1 aromatic heterocycles. The third kappa shape index (κ3) is 3.10. The first kappa shape index (κ1) is 16.8. The molecule has 2 aromatic rings. The lowest BCUT2D eigenvalue weighted by molar-refractivity contribution is -0.144. The summed E-state index contributed by atoms with van der Waals surface area (Å²) in [5.74, 6) is -1.63. The zero-order valence-corrected chi connectivity index (χ0v) is 14.5. The Kier molecular flexibility index (Phi) is 4.24. The van der Waals surface area contributed by atoms with E-state index in [1.807, 2.05) is 47.4 Å². The van der Waals surface area contributed by atoms with Crippen molar-refractivity contribution < 1.29 is 14.7 Å². The minimum Gasteiger partial charge on any atom is -0.481 e. The molecule has 2 N–H and O–H groups in total. The molecule has 0 bridgehead atoms. The van der Waals surface area contributed by atoms with E-state index >= 15 is 0 Å². The molecule has 1 aromatic carbocycles. The minimum atomic E-state index is -0.874. The van der Waals surface area contributed by atoms with Crippen molar-refractivity contribution in [1.82, 2.24) is 20.0 Å². The van der Waals surface area contributed by atoms with Gasteiger partial charge >= 0.3 is 5.97 Å². The number of nitrogens with one attached hydrogen (secondary N) is 1. The van der Waals surface area contributed by atoms with Crippen LogP contribution in [0.2, 0.25) is 0 Å². The van der Waals surface area contributed by atoms with E-state index in [1.54, 1.807) is 0 Å². The highest BCUT2D eigenvalue weighted by molar-refractivity contribution is 5.88. The van der Waals surface area contributed by atoms with E-state index in [0.29, 0.717) is 12.8 Å². The number of nitrogens with zero attached hydrogens (tertiary/aromatic N) is 3. The second-order valence-corrected chi connectivity index (χ2v) is 7.20. The van der Waals surface area contributed by atoms with Crippen molar-refractivity contribution in [3.63, 3.8) is 0 Å². The fourth-order valence-electron chi connectivity index (χ4n) is 4.13. The number of carboxylic acid groups (broad SMARTS) is 1. The number of carbonyl (C=O) groups is 2. The van der Waals surface area contributed by atoms with E-state index in [4.69, 9.17) is 0 Å². The van der Waals surface area contributed by atoms with E-state index in [0.717, 1.165) is 30.9 Å². The third-order valence-electron chi connectivity index (χ3n) is 5.55. The van der Waals surface area contributed by atoms with Gasteiger partial charge in [0.05, 0.1) is 23.3 Å². The Hall–Kier alpha value is -2.67. The molecular weight excluding hydrogens is 332 g/mol. The van der Waals surface area contributed by atoms with E-state index < -0.39 is 17.4 Å². The average Bonchev–Trinajstić information content (AvgIpc) is 3.23. The zero-order chi connectivity index (χ0) is 18.1. The molecule has 2 saturated heterocycles. The molecule has 0 aliphatic carbocycles. The first-order valence-corrected chi connectivity index (χ1v) is 8.91. The van der Waals surface area contributed by atoms with Crippen molar-refractivity contribution in [3.05, 3.63) is 48.3 Å². The number of carbonyl (C=O) groups excluding carboxylic acids is 1. The number of amides is 1. The van der Waals surface area contributed by atoms with Gasteiger partial charge in [-0.25, -0.2) is 4.68 Å². The lowest BCUT2D eigenvalue weighted by Crippen LogP contribution is -2.55. The molecular formula is C19H22N4O3. The fraction of sp³-hybridized carbons (Fsp3) is 0.421. The van der Waals surface area contributed by atoms with Gasteiger partial charge in [-0.3, -0.25) is 14.5 Å². The maximum atomic E-state index is 11.7. The Bertz CT molecular complexity index is 809. The number of hydrogen-bond donors (Lipinski definition) is 2. The van der Waals surface area contributed by atoms with Crippen LogP contribution in [0.3, 0.4) is 0 Å². The summed E-state index contributed by atoms with van der Waals surface area (Å²) in [7, 11) is 0. The highest BCUT2D eigenvalue weighted by Gasteiger charge is 2.51. The molecule has 26 heavy (non-hydrogen) atoms. The van der Waals surface area contributed by atoms with Crippen LogP contribution in [-0.4, -0.2) is 50.3 Å². The van der Waals surface area contributed by atoms with Gasteiger partial charge in [-0.15, -0.1) is 0 Å². The number of para-hydroxylation sites is 1. The van der Waals surface area contributed by atoms with Gasteiger partial charge in [0.1, 0.15) is 0 Å². The maximum absolute atomic E-state index is 11.7. The predicted molar refractivity (Wildman–Crippen MR) is 94.7 cm³/mol. The summed E-state index contributed by atoms with van der Waals surface area (Å²) in [5, 5.41) is 16.8. The fourth-order valence-corrected chi connectivity index (χ4v) is 4.13. The number of piperidine rings is 1. The second kappa shape index (κ2) is 6.57. The van der Waals surface area contributed by atoms with Crippen LogP contribution in [0.5, 0.6) is 0 Å². The summed E-state index contributed by atoms with van der Waals surface area (Å²) in [6.07, 6.45) is 5.33. The van der Waals surface area contributed by atoms with Crippen LogP contribution >= 0.6 is 0 Å². The van der Waals surface area contributed by atoms with Crippen molar-refractivity contribution in [2.75, 3.05) is 13.1 Å². The Morgan fingerprint density at radius 3 is 2.69 bits per heavy atom. The summed E-state index contributed by atoms with van der Waals surface area (Å²) in [6.45, 7) is 2.30. The van der Waals surface area contributed by atoms with Gasteiger partial charge in [0.2, 0.25) is 5.91 Å². The van der Waals surface area contributed by atoms with Crippen LogP contribution in [0.15, 0.2) is 42.7 Å². The number of carboxylic acids is 1. The van der Waals surface area contributed by atoms with Gasteiger partial charge in [0, 0.05) is 37.8 Å². The van der Waals surface area contributed by atoms with E-state index in [9.17, 15) is 14.7 Å². The lowest BCUT2D eigenvalue weighted by atomic mass is 9.77. The van der Waals surface area contributed by atoms with E-state index in [1.165, 1.54) is 0 Å². The number of rotatable bonds is 4. The van der Waals surface area contributed by atoms with Crippen LogP contribution in [0.1, 0.15) is 24.8 Å². The summed E-state index contributed by atoms with van der Waals surface area (Å²) >= 11 is 0. The quantitative estimate of drug-likeness (QED) is 0.867. The maximum Gasteiger partial charge on any atom is 0.309 e. The topological polar surface area (TPSA) is 87.5 Å². The molecule has 2 aliphatic rings. The molecule has 0 radical (unpaired) electrons. The first-order chi connectivity index (χ1) is 12.6. The van der Waals surface area contributed by atoms with Crippen molar-refractivity contribution in [3.8, 4) is 5.69 Å². The Labute approximate surface area is 151 Å². The second-order valence-electron chi connectivity index (χ2n) is 7.20. The van der Waals surface area contributed by atoms with Crippen LogP contribution in [0.25, 0.3) is 5.69 Å². The van der Waals surface area contributed by atoms with Crippen LogP contribution < -0.4 is 5.32 Å². The molecule has 2 fully saturated rings. The number of likely N-dealkylation sites (tertiary alicyclic amines) is 1. The van der Waals surface area contributed by atoms with Crippen molar-refractivity contribution >= 4 is 11.9 Å². The van der Waals surface area contributed by atoms with Crippen LogP contribution in [0.4, 0.5) is 0 Å². The molecule has 1 amide bonds. The Balaban J connectivity index is 1.39. The standard InChI is InChI=1S/C19H22N4O3/c24-17-10-16(18(25)26)19(21-17)6-8-22(9-7-19)12-14-11-20-23(13-14)15-4-2-1-3-5-15/h1-5,11,13,16H,6-10,12H2,(H,21,24)(H,25,26)/t16-/m0/s1. The first-order valence-electron chi connectivity index (χ1n) is 8.91. The monoisotopic (exact) mass is 354 g/mol. The largest absolute Gasteiger partial charge is 0.481 e. The minimum absolute atomic E-state index is 0.0964. The molecule has 1 spiro atoms. The van der Waals surface area contributed by atoms with Crippen LogP contribution in [-0.2, 0) is 16.1 Å². The molecule has 7 nitrogen and oxygen atoms in total. The third-order valence-corrected chi connectivity index (χ3v) is 5.55. The van der Waals surface area contributed by atoms with Gasteiger partial charge in [-0.2, -0.15) is 5.10 Å². The smallest absolute Gasteiger partial charge is 0.309 e. The number of hydrogen-bond acceptors (Lipinski definition) is 4. The summed E-state index contributed by atoms with van der Waals surface area (Å²) in [4.78, 5) is 25.5. The molecule has 0 unspecified atom stereocenters. The number of benzene rings is 1. The lowest BCUT2D eigenvalue weighted by Gasteiger charge is -2.41. The molecule has 4 rings (SSSR count). The number of aliphatic carboxylic acids is 1. The normalized spacial score (nSPS) is 22.5. The SMILES string of the molecule is O=C1C[C@@H](C(=O)O)C2(CCN(Cc3cnn(-c4ccccc4)c3)CC2)N1. The van der Waals surface area contributed by atoms with E-state index in [-0.39, 0.29) is 12.3 Å². The van der Waals surface area contributed by atoms with Crippen molar-refractivity contribution in [2.45, 2.75) is 31.3 Å². The van der Waals surface area contributed by atoms with Crippen LogP contribution in [0, 0.1) is 5.92 Å². The predicted octanol–water partition coefficient (Wildman–Crippen LogP) is 1.43. The zero-order valence-electron chi connectivity index (χ0n) is 14.5. The number of aromatic nitrogens is 2. The van der Waals surface area contributed by atoms with Gasteiger partial charge in [0.25, 0.3) is 0 Å². The summed E-state index contributed by atoms with van der Waals surface area (Å²) in [6, 6.07) is 9.96. The van der Waals surface area contributed by atoms with Gasteiger partial charge < -0.3 is 10.4 Å². The summed E-state index contributed by atoms with van der Waals surface area (Å²) in [5.41, 5.74) is 1.57. The highest BCUT2D eigenvalue weighted by Crippen LogP contribution is 2.37. The highest BCUT2D eigenvalue weighted by atomic mass is 16.4. The average molecular weight is 354 g/mol. The summed E-state index contributed by atoms with van der Waals surface area (Å²) < 4.78 is 1.86. The van der Waals surface area contributed by atoms with Crippen molar-refractivity contribution in [1.29, 1.82) is 0 Å². The van der Waals surface area contributed by atoms with Crippen molar-refractivity contribution in [2.24, 2.45) is 5.92 Å². The molecule has 136 valence electrons. The Morgan fingerprint density at radius 2 is 2.00 bits per heavy atom. The molecule has 7 heteroatoms. The Morgan fingerprint density at radius 1 is 1.27 bits per heavy atom. The van der Waals surface area contributed by atoms with E-state index in [2.05, 4.69) is 15.3 Å². The van der Waals surface area contributed by atoms with Gasteiger partial charge in [0.15, 0.2) is 0 Å². The molecule has 0 saturated carbocycles. The molecule has 3 heterocycles. The van der Waals surface area contributed by atoms with Gasteiger partial charge in [-0.1, -0.05) is 18.2 Å². The molecule has 2 aliphatic heterocycles.